The van der Waals surface area contributed by atoms with Crippen molar-refractivity contribution in [2.75, 3.05) is 23.8 Å². The summed E-state index contributed by atoms with van der Waals surface area (Å²) >= 11 is 6.19. The Morgan fingerprint density at radius 3 is 2.63 bits per heavy atom. The highest BCUT2D eigenvalue weighted by Crippen LogP contribution is 2.53. The van der Waals surface area contributed by atoms with E-state index < -0.39 is 0 Å². The number of likely N-dealkylation sites (N-methyl/N-ethyl adjacent to an activating group) is 1. The first kappa shape index (κ1) is 26.0. The van der Waals surface area contributed by atoms with Crippen LogP contribution in [0.3, 0.4) is 0 Å². The molecule has 8 rings (SSSR count). The second-order valence-corrected chi connectivity index (χ2v) is 12.2. The summed E-state index contributed by atoms with van der Waals surface area (Å²) in [7, 11) is 1.50. The van der Waals surface area contributed by atoms with Crippen molar-refractivity contribution in [2.24, 2.45) is 0 Å². The quantitative estimate of drug-likeness (QED) is 0.245. The fourth-order valence-electron chi connectivity index (χ4n) is 6.10. The number of hydrogen-bond acceptors (Lipinski definition) is 6. The van der Waals surface area contributed by atoms with Crippen LogP contribution in [0.2, 0.25) is 5.02 Å². The number of fused-ring (bicyclic) bond motifs is 2. The molecule has 2 N–H and O–H groups in total. The molecular weight excluding hydrogens is 566 g/mol. The number of benzene rings is 2. The molecule has 0 radical (unpaired) electrons. The molecule has 0 unspecified atom stereocenters. The number of halogens is 1. The largest absolute Gasteiger partial charge is 0.379 e. The number of urea groups is 1. The lowest BCUT2D eigenvalue weighted by Gasteiger charge is -2.17. The molecule has 3 aliphatic rings. The van der Waals surface area contributed by atoms with Crippen molar-refractivity contribution in [3.63, 3.8) is 0 Å². The van der Waals surface area contributed by atoms with Gasteiger partial charge in [0, 0.05) is 36.1 Å². The predicted octanol–water partition coefficient (Wildman–Crippen LogP) is 5.38. The van der Waals surface area contributed by atoms with E-state index in [0.717, 1.165) is 46.7 Å². The highest BCUT2D eigenvalue weighted by atomic mass is 35.5. The minimum Gasteiger partial charge on any atom is -0.379 e. The van der Waals surface area contributed by atoms with Gasteiger partial charge in [0.15, 0.2) is 5.65 Å². The molecule has 216 valence electrons. The number of imidazole rings is 1. The number of hydrogen-bond donors (Lipinski definition) is 2. The maximum absolute atomic E-state index is 12.9. The number of rotatable bonds is 7. The number of nitrogens with one attached hydrogen (secondary N) is 2. The number of carbonyl (C=O) groups excluding carboxylic acids is 2. The number of imide groups is 1. The number of nitrogens with zero attached hydrogens (tertiary/aromatic N) is 5. The molecule has 0 bridgehead atoms. The van der Waals surface area contributed by atoms with Crippen LogP contribution in [-0.2, 0) is 11.3 Å². The van der Waals surface area contributed by atoms with E-state index in [0.29, 0.717) is 45.5 Å². The van der Waals surface area contributed by atoms with Gasteiger partial charge in [0.1, 0.15) is 12.4 Å². The van der Waals surface area contributed by atoms with Gasteiger partial charge >= 0.3 is 6.03 Å². The van der Waals surface area contributed by atoms with Crippen LogP contribution >= 0.6 is 11.6 Å². The van der Waals surface area contributed by atoms with Crippen LogP contribution in [0.4, 0.5) is 16.2 Å². The third kappa shape index (κ3) is 4.62. The zero-order valence-electron chi connectivity index (χ0n) is 23.4. The zero-order chi connectivity index (χ0) is 29.4. The van der Waals surface area contributed by atoms with Crippen molar-refractivity contribution < 1.29 is 9.59 Å². The van der Waals surface area contributed by atoms with E-state index >= 15 is 0 Å². The number of anilines is 2. The van der Waals surface area contributed by atoms with Gasteiger partial charge in [-0.2, -0.15) is 0 Å². The summed E-state index contributed by atoms with van der Waals surface area (Å²) in [5.41, 5.74) is 5.66. The highest BCUT2D eigenvalue weighted by Gasteiger charge is 2.42. The highest BCUT2D eigenvalue weighted by molar-refractivity contribution is 6.30. The maximum Gasteiger partial charge on any atom is 0.331 e. The fourth-order valence-corrected chi connectivity index (χ4v) is 6.30. The van der Waals surface area contributed by atoms with E-state index in [-0.39, 0.29) is 35.9 Å². The van der Waals surface area contributed by atoms with Gasteiger partial charge in [0.2, 0.25) is 5.91 Å². The molecule has 2 saturated carbocycles. The summed E-state index contributed by atoms with van der Waals surface area (Å²) in [4.78, 5) is 53.3. The van der Waals surface area contributed by atoms with Gasteiger partial charge in [-0.1, -0.05) is 23.7 Å². The topological polar surface area (TPSA) is 116 Å². The van der Waals surface area contributed by atoms with Gasteiger partial charge < -0.3 is 14.7 Å². The number of pyridine rings is 1. The lowest BCUT2D eigenvalue weighted by Crippen LogP contribution is -2.30. The summed E-state index contributed by atoms with van der Waals surface area (Å²) in [5, 5.41) is 4.66. The Kier molecular flexibility index (Phi) is 5.84. The van der Waals surface area contributed by atoms with Crippen LogP contribution in [0.5, 0.6) is 0 Å². The van der Waals surface area contributed by atoms with Crippen LogP contribution in [0.15, 0.2) is 65.7 Å². The van der Waals surface area contributed by atoms with E-state index in [1.165, 1.54) is 11.9 Å². The lowest BCUT2D eigenvalue weighted by atomic mass is 10.1. The molecule has 43 heavy (non-hydrogen) atoms. The van der Waals surface area contributed by atoms with Gasteiger partial charge in [-0.25, -0.2) is 14.8 Å². The SMILES string of the molecule is CN1C(=O)CN(c2cc(C3CC3)cn3cc(CNc4ccc5c(=O)[nH]c([C@H]6C[C@@H]6c6cccc(Cl)c6)nc5c4)nc23)C1=O. The van der Waals surface area contributed by atoms with Crippen LogP contribution in [-0.4, -0.2) is 49.8 Å². The van der Waals surface area contributed by atoms with Crippen molar-refractivity contribution in [1.82, 2.24) is 24.3 Å². The fraction of sp³-hybridized carbons (Fsp3) is 0.281. The Balaban J connectivity index is 1.06. The average Bonchev–Trinajstić information content (AvgIpc) is 3.93. The first-order valence-electron chi connectivity index (χ1n) is 14.5. The number of H-pyrrole nitrogens is 1. The molecule has 2 aliphatic carbocycles. The summed E-state index contributed by atoms with van der Waals surface area (Å²) in [6, 6.07) is 15.0. The number of carbonyl (C=O) groups is 2. The Morgan fingerprint density at radius 2 is 1.86 bits per heavy atom. The van der Waals surface area contributed by atoms with Gasteiger partial charge in [-0.05, 0) is 78.6 Å². The molecule has 3 amide bonds. The summed E-state index contributed by atoms with van der Waals surface area (Å²) in [5.74, 6) is 1.36. The third-order valence-corrected chi connectivity index (χ3v) is 8.98. The molecule has 0 spiro atoms. The van der Waals surface area contributed by atoms with Crippen LogP contribution < -0.4 is 15.8 Å². The van der Waals surface area contributed by atoms with Crippen LogP contribution in [0.1, 0.15) is 59.7 Å². The molecule has 3 aromatic heterocycles. The van der Waals surface area contributed by atoms with Crippen molar-refractivity contribution in [2.45, 2.75) is 43.6 Å². The lowest BCUT2D eigenvalue weighted by molar-refractivity contribution is -0.123. The molecular formula is C32H28ClN7O3. The number of aromatic amines is 1. The second kappa shape index (κ2) is 9.67. The predicted molar refractivity (Wildman–Crippen MR) is 164 cm³/mol. The molecule has 5 aromatic rings. The molecule has 3 fully saturated rings. The first-order valence-corrected chi connectivity index (χ1v) is 14.8. The van der Waals surface area contributed by atoms with Gasteiger partial charge in [0.25, 0.3) is 5.56 Å². The molecule has 1 saturated heterocycles. The van der Waals surface area contributed by atoms with Crippen molar-refractivity contribution >= 4 is 51.5 Å². The maximum atomic E-state index is 12.9. The molecule has 2 atom stereocenters. The van der Waals surface area contributed by atoms with E-state index in [1.54, 1.807) is 6.07 Å². The zero-order valence-corrected chi connectivity index (χ0v) is 24.1. The van der Waals surface area contributed by atoms with Gasteiger partial charge in [-0.15, -0.1) is 0 Å². The van der Waals surface area contributed by atoms with E-state index in [9.17, 15) is 14.4 Å². The van der Waals surface area contributed by atoms with E-state index in [4.69, 9.17) is 21.6 Å². The molecule has 10 nitrogen and oxygen atoms in total. The Labute approximate surface area is 251 Å². The molecule has 4 heterocycles. The molecule has 2 aromatic carbocycles. The van der Waals surface area contributed by atoms with Crippen molar-refractivity contribution in [3.05, 3.63) is 98.9 Å². The Morgan fingerprint density at radius 1 is 1.00 bits per heavy atom. The monoisotopic (exact) mass is 593 g/mol. The third-order valence-electron chi connectivity index (χ3n) is 8.74. The van der Waals surface area contributed by atoms with Crippen LogP contribution in [0, 0.1) is 0 Å². The minimum atomic E-state index is -0.342. The van der Waals surface area contributed by atoms with E-state index in [2.05, 4.69) is 22.6 Å². The average molecular weight is 594 g/mol. The first-order chi connectivity index (χ1) is 20.8. The smallest absolute Gasteiger partial charge is 0.331 e. The molecule has 11 heteroatoms. The Bertz CT molecular complexity index is 2030. The van der Waals surface area contributed by atoms with Gasteiger partial charge in [0.05, 0.1) is 28.8 Å². The van der Waals surface area contributed by atoms with Crippen LogP contribution in [0.25, 0.3) is 16.6 Å². The standard InChI is InChI=1S/C32H28ClN7O3/c1-38-28(41)16-40(32(38)43)27-10-19(17-5-6-17)14-39-15-22(35-30(27)39)13-34-21-7-8-23-26(11-21)36-29(37-31(23)42)25-12-24(25)18-3-2-4-20(33)9-18/h2-4,7-11,14-15,17,24-25,34H,5-6,12-13,16H2,1H3,(H,36,37,42)/t24-,25+/m1/s1. The summed E-state index contributed by atoms with van der Waals surface area (Å²) in [6.07, 6.45) is 7.17. The summed E-state index contributed by atoms with van der Waals surface area (Å²) in [6.45, 7) is 0.430. The second-order valence-electron chi connectivity index (χ2n) is 11.8. The number of amides is 3. The van der Waals surface area contributed by atoms with Gasteiger partial charge in [-0.3, -0.25) is 19.4 Å². The Hall–Kier alpha value is -4.70. The van der Waals surface area contributed by atoms with E-state index in [1.807, 2.05) is 47.0 Å². The summed E-state index contributed by atoms with van der Waals surface area (Å²) < 4.78 is 1.95. The minimum absolute atomic E-state index is 0.00542. The number of aromatic nitrogens is 4. The normalized spacial score (nSPS) is 20.0. The van der Waals surface area contributed by atoms with Crippen molar-refractivity contribution in [1.29, 1.82) is 0 Å². The van der Waals surface area contributed by atoms with Crippen molar-refractivity contribution in [3.8, 4) is 0 Å². The molecule has 1 aliphatic heterocycles.